The van der Waals surface area contributed by atoms with Crippen molar-refractivity contribution in [2.24, 2.45) is 10.2 Å². The Bertz CT molecular complexity index is 1960. The van der Waals surface area contributed by atoms with Crippen LogP contribution in [0.2, 0.25) is 0 Å². The maximum absolute atomic E-state index is 14.0. The molecular weight excluding hydrogens is 572 g/mol. The normalized spacial score (nSPS) is 17.4. The maximum atomic E-state index is 14.0. The number of anilines is 2. The van der Waals surface area contributed by atoms with Crippen molar-refractivity contribution in [1.29, 1.82) is 0 Å². The summed E-state index contributed by atoms with van der Waals surface area (Å²) in [5, 5.41) is 9.10. The average Bonchev–Trinajstić information content (AvgIpc) is 3.37. The van der Waals surface area contributed by atoms with Gasteiger partial charge < -0.3 is 0 Å². The molecule has 8 nitrogen and oxygen atoms in total. The van der Waals surface area contributed by atoms with Gasteiger partial charge in [-0.3, -0.25) is 20.4 Å². The van der Waals surface area contributed by atoms with Gasteiger partial charge in [0.15, 0.2) is 11.6 Å². The van der Waals surface area contributed by atoms with E-state index in [1.165, 1.54) is 11.1 Å². The molecule has 3 aliphatic rings. The fourth-order valence-electron chi connectivity index (χ4n) is 7.21. The number of benzene rings is 4. The van der Waals surface area contributed by atoms with Crippen molar-refractivity contribution < 1.29 is 18.7 Å². The van der Waals surface area contributed by atoms with Crippen LogP contribution in [0, 0.1) is 0 Å². The van der Waals surface area contributed by atoms with Crippen LogP contribution in [-0.2, 0) is 10.8 Å². The lowest BCUT2D eigenvalue weighted by molar-refractivity contribution is -0.400. The number of carbonyl (C=O) groups excluding carboxylic acids is 2. The summed E-state index contributed by atoms with van der Waals surface area (Å²) in [4.78, 5) is 27.9. The molecule has 0 aromatic heterocycles. The van der Waals surface area contributed by atoms with E-state index in [-0.39, 0.29) is 22.4 Å². The third-order valence-electron chi connectivity index (χ3n) is 9.70. The largest absolute Gasteiger partial charge is 0.288 e. The summed E-state index contributed by atoms with van der Waals surface area (Å²) in [6.45, 7) is 8.67. The molecule has 0 saturated carbocycles. The molecule has 8 heteroatoms. The Morgan fingerprint density at radius 2 is 0.957 bits per heavy atom. The molecule has 4 aromatic carbocycles. The van der Waals surface area contributed by atoms with Crippen molar-refractivity contribution in [1.82, 2.24) is 0 Å². The molecule has 0 unspecified atom stereocenters. The number of nitrogens with one attached hydrogen (secondary N) is 2. The molecule has 2 heterocycles. The number of hydrogen-bond donors (Lipinski definition) is 2. The molecule has 0 spiro atoms. The van der Waals surface area contributed by atoms with Gasteiger partial charge in [-0.05, 0) is 39.8 Å². The summed E-state index contributed by atoms with van der Waals surface area (Å²) < 4.78 is 4.26. The van der Waals surface area contributed by atoms with Gasteiger partial charge >= 0.3 is 0 Å². The Kier molecular flexibility index (Phi) is 6.70. The molecule has 0 fully saturated rings. The molecule has 46 heavy (non-hydrogen) atoms. The Morgan fingerprint density at radius 1 is 0.565 bits per heavy atom. The van der Waals surface area contributed by atoms with Gasteiger partial charge in [0.2, 0.25) is 22.8 Å². The van der Waals surface area contributed by atoms with Crippen LogP contribution in [0.15, 0.2) is 95.1 Å². The van der Waals surface area contributed by atoms with E-state index in [0.717, 1.165) is 22.8 Å². The Labute approximate surface area is 268 Å². The third kappa shape index (κ3) is 4.28. The van der Waals surface area contributed by atoms with Gasteiger partial charge in [0.05, 0.1) is 33.3 Å². The zero-order valence-electron chi connectivity index (χ0n) is 26.8. The third-order valence-corrected chi connectivity index (χ3v) is 9.70. The molecule has 1 aliphatic carbocycles. The zero-order valence-corrected chi connectivity index (χ0v) is 26.8. The first-order valence-corrected chi connectivity index (χ1v) is 15.4. The molecule has 7 rings (SSSR count). The summed E-state index contributed by atoms with van der Waals surface area (Å²) in [6, 6.07) is 27.1. The van der Waals surface area contributed by atoms with Crippen LogP contribution in [0.25, 0.3) is 0 Å². The van der Waals surface area contributed by atoms with Crippen molar-refractivity contribution in [3.8, 4) is 0 Å². The quantitative estimate of drug-likeness (QED) is 0.128. The molecule has 0 amide bonds. The van der Waals surface area contributed by atoms with E-state index in [9.17, 15) is 9.59 Å². The van der Waals surface area contributed by atoms with E-state index in [1.54, 1.807) is 48.8 Å². The van der Waals surface area contributed by atoms with Crippen molar-refractivity contribution in [2.75, 3.05) is 24.9 Å². The highest BCUT2D eigenvalue weighted by Gasteiger charge is 2.44. The number of fused-ring (bicyclic) bond motifs is 4. The number of carbonyl (C=O) groups is 2. The maximum Gasteiger partial charge on any atom is 0.212 e. The fourth-order valence-corrected chi connectivity index (χ4v) is 7.21. The second-order valence-electron chi connectivity index (χ2n) is 13.0. The van der Waals surface area contributed by atoms with Gasteiger partial charge in [-0.15, -0.1) is 0 Å². The summed E-state index contributed by atoms with van der Waals surface area (Å²) in [5.41, 5.74) is 14.7. The molecule has 4 aromatic rings. The minimum atomic E-state index is -0.241. The lowest BCUT2D eigenvalue weighted by Crippen LogP contribution is -2.30. The SMILES string of the molecule is C[N+]1=C(/C=N/Nc2cccc3c2C(=O)c2cccc(N/N=C/C4=[N+](C)c5ccccc5C4(C)C)c2C3=O)C(C)(C)c2ccccc21. The highest BCUT2D eigenvalue weighted by Crippen LogP contribution is 2.40. The van der Waals surface area contributed by atoms with Gasteiger partial charge in [-0.2, -0.15) is 19.4 Å². The molecule has 0 radical (unpaired) electrons. The van der Waals surface area contributed by atoms with Gasteiger partial charge in [-0.1, -0.05) is 60.7 Å². The molecule has 0 atom stereocenters. The summed E-state index contributed by atoms with van der Waals surface area (Å²) in [6.07, 6.45) is 3.59. The number of nitrogens with zero attached hydrogens (tertiary/aromatic N) is 4. The van der Waals surface area contributed by atoms with Crippen LogP contribution in [0.5, 0.6) is 0 Å². The van der Waals surface area contributed by atoms with Crippen molar-refractivity contribution in [3.05, 3.63) is 118 Å². The lowest BCUT2D eigenvalue weighted by atomic mass is 9.82. The van der Waals surface area contributed by atoms with Crippen molar-refractivity contribution in [3.63, 3.8) is 0 Å². The summed E-state index contributed by atoms with van der Waals surface area (Å²) >= 11 is 0. The number of rotatable bonds is 6. The van der Waals surface area contributed by atoms with Crippen LogP contribution in [-0.4, -0.2) is 58.7 Å². The van der Waals surface area contributed by atoms with Crippen LogP contribution >= 0.6 is 0 Å². The van der Waals surface area contributed by atoms with E-state index in [2.05, 4.69) is 82.2 Å². The average molecular weight is 609 g/mol. The summed E-state index contributed by atoms with van der Waals surface area (Å²) in [7, 11) is 4.05. The molecular formula is C38H36N6O2+2. The lowest BCUT2D eigenvalue weighted by Gasteiger charge is -2.21. The van der Waals surface area contributed by atoms with E-state index in [4.69, 9.17) is 0 Å². The predicted octanol–water partition coefficient (Wildman–Crippen LogP) is 6.67. The van der Waals surface area contributed by atoms with E-state index < -0.39 is 0 Å². The van der Waals surface area contributed by atoms with E-state index >= 15 is 0 Å². The second-order valence-corrected chi connectivity index (χ2v) is 13.0. The van der Waals surface area contributed by atoms with Crippen molar-refractivity contribution >= 4 is 58.2 Å². The first-order chi connectivity index (χ1) is 22.0. The van der Waals surface area contributed by atoms with Gasteiger partial charge in [0.25, 0.3) is 0 Å². The van der Waals surface area contributed by atoms with Crippen LogP contribution < -0.4 is 10.9 Å². The van der Waals surface area contributed by atoms with Gasteiger partial charge in [-0.25, -0.2) is 0 Å². The number of ketones is 2. The number of para-hydroxylation sites is 2. The predicted molar refractivity (Wildman–Crippen MR) is 185 cm³/mol. The van der Waals surface area contributed by atoms with E-state index in [1.807, 2.05) is 38.4 Å². The molecule has 2 N–H and O–H groups in total. The standard InChI is InChI=1S/C38H34N6O2/c1-37(2)25-15-7-9-19-29(25)43(5)31(37)21-39-41-27-17-11-13-23-33(27)35(45)24-14-12-18-28(34(24)36(23)46)42-40-22-32-38(3,4)26-16-8-10-20-30(26)44(32)6/h7-22H,1-6H3/p+2. The summed E-state index contributed by atoms with van der Waals surface area (Å²) in [5.74, 6) is -0.481. The minimum Gasteiger partial charge on any atom is -0.288 e. The Balaban J connectivity index is 1.16. The van der Waals surface area contributed by atoms with E-state index in [0.29, 0.717) is 33.6 Å². The van der Waals surface area contributed by atoms with Crippen LogP contribution in [0.1, 0.15) is 70.7 Å². The monoisotopic (exact) mass is 608 g/mol. The zero-order chi connectivity index (χ0) is 32.4. The fraction of sp³-hybridized carbons (Fsp3) is 0.211. The highest BCUT2D eigenvalue weighted by molar-refractivity contribution is 6.35. The molecule has 228 valence electrons. The van der Waals surface area contributed by atoms with Gasteiger partial charge in [0.1, 0.15) is 26.5 Å². The highest BCUT2D eigenvalue weighted by atomic mass is 16.1. The van der Waals surface area contributed by atoms with Crippen molar-refractivity contribution in [2.45, 2.75) is 38.5 Å². The topological polar surface area (TPSA) is 88.9 Å². The molecule has 0 saturated heterocycles. The van der Waals surface area contributed by atoms with Crippen LogP contribution in [0.3, 0.4) is 0 Å². The van der Waals surface area contributed by atoms with Gasteiger partial charge in [0, 0.05) is 34.4 Å². The number of hydrogen-bond acceptors (Lipinski definition) is 6. The molecule has 2 aliphatic heterocycles. The number of hydrazone groups is 2. The minimum absolute atomic E-state index is 0.240. The van der Waals surface area contributed by atoms with Crippen LogP contribution in [0.4, 0.5) is 22.7 Å². The first kappa shape index (κ1) is 29.2. The Morgan fingerprint density at radius 3 is 1.35 bits per heavy atom. The molecule has 0 bridgehead atoms. The second kappa shape index (κ2) is 10.5. The smallest absolute Gasteiger partial charge is 0.212 e. The Hall–Kier alpha value is -5.50. The first-order valence-electron chi connectivity index (χ1n) is 15.4.